The standard InChI is InChI=1S/C8H15N5O2/c1-4(9)2-5(10)8-12-7(13-15-8)6(11)3-14/h5-6,14H,1-3,9-11H2/t5?,6-/m0/s1. The van der Waals surface area contributed by atoms with Gasteiger partial charge in [0.25, 0.3) is 0 Å². The first-order chi connectivity index (χ1) is 7.04. The maximum atomic E-state index is 8.77. The van der Waals surface area contributed by atoms with E-state index in [1.165, 1.54) is 0 Å². The maximum absolute atomic E-state index is 8.77. The van der Waals surface area contributed by atoms with Crippen molar-refractivity contribution in [2.24, 2.45) is 17.2 Å². The van der Waals surface area contributed by atoms with Crippen molar-refractivity contribution in [2.75, 3.05) is 6.61 Å². The monoisotopic (exact) mass is 213 g/mol. The Morgan fingerprint density at radius 1 is 1.47 bits per heavy atom. The van der Waals surface area contributed by atoms with Gasteiger partial charge < -0.3 is 26.8 Å². The molecule has 0 aliphatic carbocycles. The van der Waals surface area contributed by atoms with E-state index in [1.54, 1.807) is 0 Å². The molecule has 0 fully saturated rings. The van der Waals surface area contributed by atoms with Crippen LogP contribution in [-0.4, -0.2) is 21.9 Å². The fourth-order valence-corrected chi connectivity index (χ4v) is 1.000. The first-order valence-electron chi connectivity index (χ1n) is 4.43. The van der Waals surface area contributed by atoms with Crippen molar-refractivity contribution >= 4 is 0 Å². The third kappa shape index (κ3) is 3.01. The van der Waals surface area contributed by atoms with Crippen LogP contribution in [0.5, 0.6) is 0 Å². The molecular weight excluding hydrogens is 198 g/mol. The molecule has 15 heavy (non-hydrogen) atoms. The number of rotatable bonds is 5. The number of nitrogens with two attached hydrogens (primary N) is 3. The normalized spacial score (nSPS) is 14.9. The van der Waals surface area contributed by atoms with Crippen molar-refractivity contribution in [3.63, 3.8) is 0 Å². The van der Waals surface area contributed by atoms with Crippen LogP contribution in [0.3, 0.4) is 0 Å². The number of hydrogen-bond acceptors (Lipinski definition) is 7. The van der Waals surface area contributed by atoms with Gasteiger partial charge in [-0.15, -0.1) is 0 Å². The Labute approximate surface area is 86.9 Å². The predicted octanol–water partition coefficient (Wildman–Crippen LogP) is -1.08. The molecule has 84 valence electrons. The molecule has 0 bridgehead atoms. The highest BCUT2D eigenvalue weighted by molar-refractivity contribution is 5.00. The molecule has 7 N–H and O–H groups in total. The van der Waals surface area contributed by atoms with Gasteiger partial charge in [0.05, 0.1) is 18.7 Å². The van der Waals surface area contributed by atoms with Crippen LogP contribution >= 0.6 is 0 Å². The third-order valence-corrected chi connectivity index (χ3v) is 1.79. The first kappa shape index (κ1) is 11.6. The molecule has 0 aliphatic heterocycles. The Hall–Kier alpha value is -1.44. The molecule has 1 unspecified atom stereocenters. The van der Waals surface area contributed by atoms with E-state index in [9.17, 15) is 0 Å². The molecule has 0 aromatic carbocycles. The highest BCUT2D eigenvalue weighted by atomic mass is 16.5. The van der Waals surface area contributed by atoms with Crippen molar-refractivity contribution in [3.05, 3.63) is 24.0 Å². The zero-order valence-corrected chi connectivity index (χ0v) is 8.26. The summed E-state index contributed by atoms with van der Waals surface area (Å²) in [6.07, 6.45) is 0.357. The van der Waals surface area contributed by atoms with E-state index in [1.807, 2.05) is 0 Å². The molecule has 1 heterocycles. The van der Waals surface area contributed by atoms with Gasteiger partial charge >= 0.3 is 0 Å². The van der Waals surface area contributed by atoms with E-state index in [-0.39, 0.29) is 18.3 Å². The minimum atomic E-state index is -0.657. The lowest BCUT2D eigenvalue weighted by Gasteiger charge is -2.04. The molecular formula is C8H15N5O2. The second-order valence-electron chi connectivity index (χ2n) is 3.25. The largest absolute Gasteiger partial charge is 0.402 e. The summed E-state index contributed by atoms with van der Waals surface area (Å²) in [4.78, 5) is 3.95. The Morgan fingerprint density at radius 2 is 2.13 bits per heavy atom. The Kier molecular flexibility index (Phi) is 3.78. The first-order valence-corrected chi connectivity index (χ1v) is 4.43. The highest BCUT2D eigenvalue weighted by Gasteiger charge is 2.18. The summed E-state index contributed by atoms with van der Waals surface area (Å²) in [5, 5.41) is 12.4. The van der Waals surface area contributed by atoms with E-state index in [4.69, 9.17) is 26.8 Å². The van der Waals surface area contributed by atoms with Crippen LogP contribution < -0.4 is 17.2 Å². The molecule has 1 aromatic heterocycles. The molecule has 0 amide bonds. The summed E-state index contributed by atoms with van der Waals surface area (Å²) >= 11 is 0. The number of hydrogen-bond donors (Lipinski definition) is 4. The molecule has 0 saturated carbocycles. The number of aliphatic hydroxyl groups is 1. The third-order valence-electron chi connectivity index (χ3n) is 1.79. The summed E-state index contributed by atoms with van der Waals surface area (Å²) in [5.74, 6) is 0.464. The van der Waals surface area contributed by atoms with Crippen molar-refractivity contribution in [2.45, 2.75) is 18.5 Å². The minimum Gasteiger partial charge on any atom is -0.402 e. The van der Waals surface area contributed by atoms with Crippen LogP contribution in [0.15, 0.2) is 16.8 Å². The molecule has 0 spiro atoms. The number of nitrogens with zero attached hydrogens (tertiary/aromatic N) is 2. The zero-order chi connectivity index (χ0) is 11.4. The maximum Gasteiger partial charge on any atom is 0.244 e. The van der Waals surface area contributed by atoms with Gasteiger partial charge in [-0.2, -0.15) is 4.98 Å². The molecule has 7 nitrogen and oxygen atoms in total. The average Bonchev–Trinajstić information content (AvgIpc) is 2.64. The van der Waals surface area contributed by atoms with Gasteiger partial charge in [0.1, 0.15) is 0 Å². The predicted molar refractivity (Wildman–Crippen MR) is 53.2 cm³/mol. The topological polar surface area (TPSA) is 137 Å². The van der Waals surface area contributed by atoms with Gasteiger partial charge in [0, 0.05) is 12.1 Å². The Balaban J connectivity index is 2.70. The lowest BCUT2D eigenvalue weighted by molar-refractivity contribution is 0.259. The Bertz CT molecular complexity index is 338. The molecule has 0 aliphatic rings. The van der Waals surface area contributed by atoms with Gasteiger partial charge in [-0.25, -0.2) is 0 Å². The Morgan fingerprint density at radius 3 is 2.67 bits per heavy atom. The minimum absolute atomic E-state index is 0.227. The van der Waals surface area contributed by atoms with Crippen molar-refractivity contribution in [1.29, 1.82) is 0 Å². The summed E-state index contributed by atoms with van der Waals surface area (Å²) in [7, 11) is 0. The fraction of sp³-hybridized carbons (Fsp3) is 0.500. The number of aromatic nitrogens is 2. The van der Waals surface area contributed by atoms with Gasteiger partial charge in [-0.3, -0.25) is 0 Å². The van der Waals surface area contributed by atoms with Crippen LogP contribution in [0.2, 0.25) is 0 Å². The summed E-state index contributed by atoms with van der Waals surface area (Å²) < 4.78 is 4.88. The van der Waals surface area contributed by atoms with Crippen molar-refractivity contribution < 1.29 is 9.63 Å². The molecule has 7 heteroatoms. The van der Waals surface area contributed by atoms with E-state index < -0.39 is 12.1 Å². The van der Waals surface area contributed by atoms with Gasteiger partial charge in [0.2, 0.25) is 5.89 Å². The second kappa shape index (κ2) is 4.87. The van der Waals surface area contributed by atoms with Crippen LogP contribution in [0.25, 0.3) is 0 Å². The molecule has 0 saturated heterocycles. The second-order valence-corrected chi connectivity index (χ2v) is 3.25. The van der Waals surface area contributed by atoms with Gasteiger partial charge in [-0.1, -0.05) is 11.7 Å². The van der Waals surface area contributed by atoms with Gasteiger partial charge in [-0.05, 0) is 0 Å². The SMILES string of the molecule is C=C(N)CC(N)c1nc([C@@H](N)CO)no1. The zero-order valence-electron chi connectivity index (χ0n) is 8.26. The molecule has 1 rings (SSSR count). The van der Waals surface area contributed by atoms with Crippen LogP contribution in [0.4, 0.5) is 0 Å². The van der Waals surface area contributed by atoms with Crippen molar-refractivity contribution in [1.82, 2.24) is 10.1 Å². The van der Waals surface area contributed by atoms with E-state index in [2.05, 4.69) is 16.7 Å². The van der Waals surface area contributed by atoms with Crippen LogP contribution in [-0.2, 0) is 0 Å². The summed E-state index contributed by atoms with van der Waals surface area (Å²) in [5.41, 5.74) is 17.0. The van der Waals surface area contributed by atoms with Crippen LogP contribution in [0.1, 0.15) is 30.2 Å². The molecule has 2 atom stereocenters. The molecule has 0 radical (unpaired) electrons. The van der Waals surface area contributed by atoms with Crippen molar-refractivity contribution in [3.8, 4) is 0 Å². The lowest BCUT2D eigenvalue weighted by atomic mass is 10.2. The average molecular weight is 213 g/mol. The van der Waals surface area contributed by atoms with E-state index in [0.29, 0.717) is 12.1 Å². The van der Waals surface area contributed by atoms with Crippen LogP contribution in [0, 0.1) is 0 Å². The lowest BCUT2D eigenvalue weighted by Crippen LogP contribution is -2.17. The summed E-state index contributed by atoms with van der Waals surface area (Å²) in [6, 6.07) is -1.15. The highest BCUT2D eigenvalue weighted by Crippen LogP contribution is 2.15. The smallest absolute Gasteiger partial charge is 0.244 e. The fourth-order valence-electron chi connectivity index (χ4n) is 1.000. The summed E-state index contributed by atoms with van der Waals surface area (Å²) in [6.45, 7) is 3.27. The van der Waals surface area contributed by atoms with E-state index >= 15 is 0 Å². The number of aliphatic hydroxyl groups excluding tert-OH is 1. The molecule has 1 aromatic rings. The quantitative estimate of drug-likeness (QED) is 0.488. The van der Waals surface area contributed by atoms with Gasteiger partial charge in [0.15, 0.2) is 5.82 Å². The van der Waals surface area contributed by atoms with E-state index in [0.717, 1.165) is 0 Å².